The molecule has 0 unspecified atom stereocenters. The highest BCUT2D eigenvalue weighted by molar-refractivity contribution is 4.88. The Balaban J connectivity index is 2.60. The third-order valence-corrected chi connectivity index (χ3v) is 4.71. The largest absolute Gasteiger partial charge is 0.396 e. The SMILES string of the molecule is CCCNCC1(CN(CCCO)C(C)C)CCCCC1. The summed E-state index contributed by atoms with van der Waals surface area (Å²) in [6.45, 7) is 11.7. The van der Waals surface area contributed by atoms with E-state index in [1.165, 1.54) is 51.6 Å². The molecule has 3 heteroatoms. The molecule has 3 nitrogen and oxygen atoms in total. The molecule has 0 aliphatic heterocycles. The number of nitrogens with zero attached hydrogens (tertiary/aromatic N) is 1. The molecule has 0 radical (unpaired) electrons. The maximum Gasteiger partial charge on any atom is 0.0443 e. The fourth-order valence-electron chi connectivity index (χ4n) is 3.45. The molecule has 0 aromatic rings. The highest BCUT2D eigenvalue weighted by Crippen LogP contribution is 2.37. The molecule has 1 rings (SSSR count). The Morgan fingerprint density at radius 3 is 2.45 bits per heavy atom. The average molecular weight is 284 g/mol. The molecule has 0 spiro atoms. The predicted octanol–water partition coefficient (Wildman–Crippen LogP) is 3.03. The molecule has 1 aliphatic carbocycles. The van der Waals surface area contributed by atoms with Gasteiger partial charge >= 0.3 is 0 Å². The van der Waals surface area contributed by atoms with Crippen LogP contribution in [0.25, 0.3) is 0 Å². The number of rotatable bonds is 10. The molecule has 0 saturated heterocycles. The molecule has 1 aliphatic rings. The second kappa shape index (κ2) is 9.75. The summed E-state index contributed by atoms with van der Waals surface area (Å²) in [5, 5.41) is 12.8. The van der Waals surface area contributed by atoms with Crippen molar-refractivity contribution in [3.05, 3.63) is 0 Å². The summed E-state index contributed by atoms with van der Waals surface area (Å²) in [5.41, 5.74) is 0.465. The maximum absolute atomic E-state index is 9.10. The first-order valence-corrected chi connectivity index (χ1v) is 8.69. The molecule has 1 saturated carbocycles. The summed E-state index contributed by atoms with van der Waals surface area (Å²) in [6.07, 6.45) is 9.04. The summed E-state index contributed by atoms with van der Waals surface area (Å²) in [5.74, 6) is 0. The standard InChI is InChI=1S/C17H36N2O/c1-4-11-18-14-17(9-6-5-7-10-17)15-19(16(2)3)12-8-13-20/h16,18,20H,4-15H2,1-3H3. The molecule has 0 heterocycles. The van der Waals surface area contributed by atoms with Crippen LogP contribution in [-0.2, 0) is 0 Å². The van der Waals surface area contributed by atoms with E-state index in [2.05, 4.69) is 31.0 Å². The summed E-state index contributed by atoms with van der Waals surface area (Å²) in [7, 11) is 0. The van der Waals surface area contributed by atoms with E-state index >= 15 is 0 Å². The van der Waals surface area contributed by atoms with Crippen LogP contribution in [0.15, 0.2) is 0 Å². The topological polar surface area (TPSA) is 35.5 Å². The van der Waals surface area contributed by atoms with E-state index in [-0.39, 0.29) is 0 Å². The zero-order valence-corrected chi connectivity index (χ0v) is 14.0. The Kier molecular flexibility index (Phi) is 8.74. The highest BCUT2D eigenvalue weighted by atomic mass is 16.3. The Labute approximate surface area is 126 Å². The minimum absolute atomic E-state index is 0.310. The van der Waals surface area contributed by atoms with Crippen LogP contribution in [0.4, 0.5) is 0 Å². The lowest BCUT2D eigenvalue weighted by Crippen LogP contribution is -2.48. The zero-order valence-electron chi connectivity index (χ0n) is 14.0. The van der Waals surface area contributed by atoms with Gasteiger partial charge in [0, 0.05) is 32.3 Å². The van der Waals surface area contributed by atoms with Crippen LogP contribution in [0.3, 0.4) is 0 Å². The minimum atomic E-state index is 0.310. The van der Waals surface area contributed by atoms with Crippen LogP contribution in [0, 0.1) is 5.41 Å². The number of hydrogen-bond donors (Lipinski definition) is 2. The lowest BCUT2D eigenvalue weighted by Gasteiger charge is -2.43. The normalized spacial score (nSPS) is 18.9. The molecule has 0 amide bonds. The van der Waals surface area contributed by atoms with Gasteiger partial charge in [0.05, 0.1) is 0 Å². The van der Waals surface area contributed by atoms with Gasteiger partial charge in [0.15, 0.2) is 0 Å². The van der Waals surface area contributed by atoms with Gasteiger partial charge in [0.25, 0.3) is 0 Å². The fraction of sp³-hybridized carbons (Fsp3) is 1.00. The van der Waals surface area contributed by atoms with Crippen molar-refractivity contribution in [1.29, 1.82) is 0 Å². The molecule has 1 fully saturated rings. The zero-order chi connectivity index (χ0) is 14.8. The summed E-state index contributed by atoms with van der Waals surface area (Å²) >= 11 is 0. The molecule has 0 aromatic carbocycles. The Bertz CT molecular complexity index is 237. The van der Waals surface area contributed by atoms with Crippen LogP contribution >= 0.6 is 0 Å². The number of aliphatic hydroxyl groups excluding tert-OH is 1. The Morgan fingerprint density at radius 2 is 1.90 bits per heavy atom. The summed E-state index contributed by atoms with van der Waals surface area (Å²) < 4.78 is 0. The van der Waals surface area contributed by atoms with Crippen LogP contribution < -0.4 is 5.32 Å². The third kappa shape index (κ3) is 6.11. The van der Waals surface area contributed by atoms with Gasteiger partial charge in [-0.2, -0.15) is 0 Å². The highest BCUT2D eigenvalue weighted by Gasteiger charge is 2.33. The Hall–Kier alpha value is -0.120. The van der Waals surface area contributed by atoms with Crippen molar-refractivity contribution in [3.8, 4) is 0 Å². The quantitative estimate of drug-likeness (QED) is 0.605. The molecule has 20 heavy (non-hydrogen) atoms. The van der Waals surface area contributed by atoms with Crippen LogP contribution in [0.5, 0.6) is 0 Å². The first-order chi connectivity index (χ1) is 9.63. The van der Waals surface area contributed by atoms with Gasteiger partial charge in [0.2, 0.25) is 0 Å². The van der Waals surface area contributed by atoms with Crippen molar-refractivity contribution in [2.75, 3.05) is 32.8 Å². The molecule has 0 atom stereocenters. The smallest absolute Gasteiger partial charge is 0.0443 e. The van der Waals surface area contributed by atoms with E-state index in [0.717, 1.165) is 19.5 Å². The predicted molar refractivity (Wildman–Crippen MR) is 87.1 cm³/mol. The van der Waals surface area contributed by atoms with Gasteiger partial charge in [-0.15, -0.1) is 0 Å². The van der Waals surface area contributed by atoms with Crippen LogP contribution in [-0.4, -0.2) is 48.8 Å². The third-order valence-electron chi connectivity index (χ3n) is 4.71. The van der Waals surface area contributed by atoms with Crippen molar-refractivity contribution in [2.24, 2.45) is 5.41 Å². The van der Waals surface area contributed by atoms with E-state index in [1.807, 2.05) is 0 Å². The van der Waals surface area contributed by atoms with Crippen molar-refractivity contribution in [2.45, 2.75) is 71.8 Å². The maximum atomic E-state index is 9.10. The lowest BCUT2D eigenvalue weighted by molar-refractivity contribution is 0.0785. The number of nitrogens with one attached hydrogen (secondary N) is 1. The fourth-order valence-corrected chi connectivity index (χ4v) is 3.45. The summed E-state index contributed by atoms with van der Waals surface area (Å²) in [6, 6.07) is 0.575. The van der Waals surface area contributed by atoms with Gasteiger partial charge in [0.1, 0.15) is 0 Å². The number of aliphatic hydroxyl groups is 1. The molecular weight excluding hydrogens is 248 g/mol. The van der Waals surface area contributed by atoms with Gasteiger partial charge in [-0.1, -0.05) is 26.2 Å². The van der Waals surface area contributed by atoms with E-state index in [9.17, 15) is 0 Å². The first-order valence-electron chi connectivity index (χ1n) is 8.69. The second-order valence-electron chi connectivity index (χ2n) is 6.88. The first kappa shape index (κ1) is 17.9. The van der Waals surface area contributed by atoms with E-state index in [1.54, 1.807) is 0 Å². The van der Waals surface area contributed by atoms with Gasteiger partial charge in [-0.25, -0.2) is 0 Å². The minimum Gasteiger partial charge on any atom is -0.396 e. The van der Waals surface area contributed by atoms with Crippen molar-refractivity contribution in [1.82, 2.24) is 10.2 Å². The van der Waals surface area contributed by atoms with Gasteiger partial charge < -0.3 is 15.3 Å². The van der Waals surface area contributed by atoms with Crippen molar-refractivity contribution < 1.29 is 5.11 Å². The summed E-state index contributed by atoms with van der Waals surface area (Å²) in [4.78, 5) is 2.58. The average Bonchev–Trinajstić information content (AvgIpc) is 2.44. The molecule has 120 valence electrons. The van der Waals surface area contributed by atoms with E-state index in [0.29, 0.717) is 18.1 Å². The van der Waals surface area contributed by atoms with Crippen molar-refractivity contribution >= 4 is 0 Å². The molecule has 0 aromatic heterocycles. The van der Waals surface area contributed by atoms with Gasteiger partial charge in [-0.05, 0) is 51.5 Å². The molecule has 0 bridgehead atoms. The van der Waals surface area contributed by atoms with Crippen LogP contribution in [0.1, 0.15) is 65.7 Å². The van der Waals surface area contributed by atoms with Crippen LogP contribution in [0.2, 0.25) is 0 Å². The van der Waals surface area contributed by atoms with E-state index in [4.69, 9.17) is 5.11 Å². The van der Waals surface area contributed by atoms with Gasteiger partial charge in [-0.3, -0.25) is 0 Å². The lowest BCUT2D eigenvalue weighted by atomic mass is 9.73. The van der Waals surface area contributed by atoms with E-state index < -0.39 is 0 Å². The van der Waals surface area contributed by atoms with Crippen molar-refractivity contribution in [3.63, 3.8) is 0 Å². The Morgan fingerprint density at radius 1 is 1.20 bits per heavy atom. The molecule has 2 N–H and O–H groups in total. The molecular formula is C17H36N2O. The number of hydrogen-bond acceptors (Lipinski definition) is 3. The monoisotopic (exact) mass is 284 g/mol. The second-order valence-corrected chi connectivity index (χ2v) is 6.88.